The van der Waals surface area contributed by atoms with E-state index in [1.165, 1.54) is 0 Å². The Morgan fingerprint density at radius 2 is 2.43 bits per heavy atom. The lowest BCUT2D eigenvalue weighted by molar-refractivity contribution is -0.122. The Hall–Kier alpha value is -1.73. The molecule has 0 aliphatic carbocycles. The number of hydrogen-bond donors (Lipinski definition) is 2. The van der Waals surface area contributed by atoms with Crippen molar-refractivity contribution in [2.45, 2.75) is 44.7 Å². The predicted octanol–water partition coefficient (Wildman–Crippen LogP) is 1.94. The molecule has 0 aromatic carbocycles. The summed E-state index contributed by atoms with van der Waals surface area (Å²) in [5.74, 6) is 0.909. The van der Waals surface area contributed by atoms with Crippen LogP contribution in [0.15, 0.2) is 17.8 Å². The molecule has 7 heteroatoms. The number of hydrogen-bond acceptors (Lipinski definition) is 6. The SMILES string of the molecule is CC(CCCO)NC(=O)C1CCCN1c1ncnc2sccc12. The monoisotopic (exact) mass is 334 g/mol. The van der Waals surface area contributed by atoms with Crippen LogP contribution < -0.4 is 10.2 Å². The first kappa shape index (κ1) is 16.1. The van der Waals surface area contributed by atoms with Crippen molar-refractivity contribution in [2.75, 3.05) is 18.1 Å². The molecule has 1 aliphatic heterocycles. The Morgan fingerprint density at radius 3 is 3.26 bits per heavy atom. The van der Waals surface area contributed by atoms with Gasteiger partial charge in [0.25, 0.3) is 0 Å². The van der Waals surface area contributed by atoms with Crippen LogP contribution in [0.1, 0.15) is 32.6 Å². The molecule has 1 aliphatic rings. The summed E-state index contributed by atoms with van der Waals surface area (Å²) in [6.45, 7) is 2.98. The minimum absolute atomic E-state index is 0.0509. The van der Waals surface area contributed by atoms with Crippen LogP contribution in [0.5, 0.6) is 0 Å². The Bertz CT molecular complexity index is 675. The van der Waals surface area contributed by atoms with Crippen molar-refractivity contribution in [3.63, 3.8) is 0 Å². The average molecular weight is 334 g/mol. The van der Waals surface area contributed by atoms with Gasteiger partial charge in [0, 0.05) is 19.2 Å². The zero-order valence-electron chi connectivity index (χ0n) is 13.2. The molecule has 3 rings (SSSR count). The third kappa shape index (κ3) is 3.45. The standard InChI is InChI=1S/C16H22N4O2S/c1-11(4-3-8-21)19-15(22)13-5-2-7-20(13)14-12-6-9-23-16(12)18-10-17-14/h6,9-11,13,21H,2-5,7-8H2,1H3,(H,19,22). The number of aromatic nitrogens is 2. The smallest absolute Gasteiger partial charge is 0.242 e. The summed E-state index contributed by atoms with van der Waals surface area (Å²) in [6, 6.07) is 1.92. The van der Waals surface area contributed by atoms with Gasteiger partial charge in [-0.1, -0.05) is 0 Å². The van der Waals surface area contributed by atoms with Crippen LogP contribution in [-0.4, -0.2) is 46.2 Å². The van der Waals surface area contributed by atoms with Crippen molar-refractivity contribution in [1.29, 1.82) is 0 Å². The van der Waals surface area contributed by atoms with Gasteiger partial charge >= 0.3 is 0 Å². The quantitative estimate of drug-likeness (QED) is 0.844. The number of amides is 1. The number of nitrogens with zero attached hydrogens (tertiary/aromatic N) is 3. The summed E-state index contributed by atoms with van der Waals surface area (Å²) < 4.78 is 0. The number of carbonyl (C=O) groups is 1. The first-order valence-electron chi connectivity index (χ1n) is 8.07. The first-order chi connectivity index (χ1) is 11.2. The average Bonchev–Trinajstić information content (AvgIpc) is 3.21. The molecule has 0 bridgehead atoms. The highest BCUT2D eigenvalue weighted by atomic mass is 32.1. The van der Waals surface area contributed by atoms with E-state index in [0.29, 0.717) is 6.42 Å². The molecule has 1 saturated heterocycles. The van der Waals surface area contributed by atoms with E-state index in [0.717, 1.165) is 41.8 Å². The van der Waals surface area contributed by atoms with E-state index < -0.39 is 0 Å². The van der Waals surface area contributed by atoms with Crippen molar-refractivity contribution in [3.05, 3.63) is 17.8 Å². The molecule has 1 fully saturated rings. The lowest BCUT2D eigenvalue weighted by atomic mass is 10.1. The van der Waals surface area contributed by atoms with E-state index >= 15 is 0 Å². The van der Waals surface area contributed by atoms with E-state index in [4.69, 9.17) is 5.11 Å². The molecule has 0 saturated carbocycles. The molecule has 2 atom stereocenters. The number of nitrogens with one attached hydrogen (secondary N) is 1. The highest BCUT2D eigenvalue weighted by Gasteiger charge is 2.33. The second-order valence-corrected chi connectivity index (χ2v) is 6.86. The molecule has 124 valence electrons. The maximum atomic E-state index is 12.6. The van der Waals surface area contributed by atoms with Crippen LogP contribution in [0.2, 0.25) is 0 Å². The molecular formula is C16H22N4O2S. The zero-order valence-corrected chi connectivity index (χ0v) is 14.1. The summed E-state index contributed by atoms with van der Waals surface area (Å²) in [5, 5.41) is 15.0. The first-order valence-corrected chi connectivity index (χ1v) is 8.94. The van der Waals surface area contributed by atoms with Crippen LogP contribution in [-0.2, 0) is 4.79 Å². The Kier molecular flexibility index (Phi) is 5.07. The minimum atomic E-state index is -0.176. The van der Waals surface area contributed by atoms with Crippen LogP contribution in [0, 0.1) is 0 Å². The van der Waals surface area contributed by atoms with E-state index in [9.17, 15) is 4.79 Å². The van der Waals surface area contributed by atoms with Crippen LogP contribution >= 0.6 is 11.3 Å². The third-order valence-electron chi connectivity index (χ3n) is 4.25. The topological polar surface area (TPSA) is 78.4 Å². The van der Waals surface area contributed by atoms with Crippen molar-refractivity contribution in [2.24, 2.45) is 0 Å². The molecule has 1 amide bonds. The van der Waals surface area contributed by atoms with Gasteiger partial charge in [0.15, 0.2) is 0 Å². The molecule has 2 aromatic rings. The number of anilines is 1. The zero-order chi connectivity index (χ0) is 16.2. The molecule has 3 heterocycles. The molecule has 0 spiro atoms. The van der Waals surface area contributed by atoms with Crippen LogP contribution in [0.4, 0.5) is 5.82 Å². The van der Waals surface area contributed by atoms with Gasteiger partial charge in [0.05, 0.1) is 5.39 Å². The fourth-order valence-electron chi connectivity index (χ4n) is 3.11. The minimum Gasteiger partial charge on any atom is -0.396 e. The van der Waals surface area contributed by atoms with Gasteiger partial charge < -0.3 is 15.3 Å². The maximum Gasteiger partial charge on any atom is 0.242 e. The number of aliphatic hydroxyl groups excluding tert-OH is 1. The molecule has 2 aromatic heterocycles. The Balaban J connectivity index is 1.75. The number of rotatable bonds is 6. The third-order valence-corrected chi connectivity index (χ3v) is 5.07. The molecular weight excluding hydrogens is 312 g/mol. The highest BCUT2D eigenvalue weighted by molar-refractivity contribution is 7.16. The fraction of sp³-hybridized carbons (Fsp3) is 0.562. The number of fused-ring (bicyclic) bond motifs is 1. The van der Waals surface area contributed by atoms with Crippen molar-refractivity contribution in [3.8, 4) is 0 Å². The molecule has 6 nitrogen and oxygen atoms in total. The number of aliphatic hydroxyl groups is 1. The number of thiophene rings is 1. The van der Waals surface area contributed by atoms with E-state index in [2.05, 4.69) is 20.2 Å². The highest BCUT2D eigenvalue weighted by Crippen LogP contribution is 2.31. The van der Waals surface area contributed by atoms with Gasteiger partial charge in [-0.3, -0.25) is 4.79 Å². The summed E-state index contributed by atoms with van der Waals surface area (Å²) in [7, 11) is 0. The summed E-state index contributed by atoms with van der Waals surface area (Å²) in [5.41, 5.74) is 0. The lowest BCUT2D eigenvalue weighted by Crippen LogP contribution is -2.46. The van der Waals surface area contributed by atoms with Gasteiger partial charge in [0.1, 0.15) is 23.0 Å². The van der Waals surface area contributed by atoms with Crippen molar-refractivity contribution >= 4 is 33.3 Å². The number of carbonyl (C=O) groups excluding carboxylic acids is 1. The van der Waals surface area contributed by atoms with Gasteiger partial charge in [0.2, 0.25) is 5.91 Å². The molecule has 2 N–H and O–H groups in total. The van der Waals surface area contributed by atoms with Crippen molar-refractivity contribution in [1.82, 2.24) is 15.3 Å². The normalized spacial score (nSPS) is 19.2. The summed E-state index contributed by atoms with van der Waals surface area (Å²) in [6.07, 6.45) is 4.90. The van der Waals surface area contributed by atoms with E-state index in [-0.39, 0.29) is 24.6 Å². The van der Waals surface area contributed by atoms with Crippen LogP contribution in [0.25, 0.3) is 10.2 Å². The largest absolute Gasteiger partial charge is 0.396 e. The molecule has 23 heavy (non-hydrogen) atoms. The second kappa shape index (κ2) is 7.23. The maximum absolute atomic E-state index is 12.6. The summed E-state index contributed by atoms with van der Waals surface area (Å²) in [4.78, 5) is 24.4. The molecule has 0 radical (unpaired) electrons. The Labute approximate surface area is 139 Å². The Morgan fingerprint density at radius 1 is 1.57 bits per heavy atom. The molecule has 2 unspecified atom stereocenters. The van der Waals surface area contributed by atoms with Gasteiger partial charge in [-0.2, -0.15) is 0 Å². The van der Waals surface area contributed by atoms with Crippen molar-refractivity contribution < 1.29 is 9.90 Å². The lowest BCUT2D eigenvalue weighted by Gasteiger charge is -2.26. The summed E-state index contributed by atoms with van der Waals surface area (Å²) >= 11 is 1.59. The van der Waals surface area contributed by atoms with Gasteiger partial charge in [-0.25, -0.2) is 9.97 Å². The second-order valence-electron chi connectivity index (χ2n) is 5.96. The predicted molar refractivity (Wildman–Crippen MR) is 91.7 cm³/mol. The van der Waals surface area contributed by atoms with Crippen LogP contribution in [0.3, 0.4) is 0 Å². The van der Waals surface area contributed by atoms with Gasteiger partial charge in [-0.05, 0) is 44.1 Å². The van der Waals surface area contributed by atoms with E-state index in [1.54, 1.807) is 17.7 Å². The van der Waals surface area contributed by atoms with E-state index in [1.807, 2.05) is 18.4 Å². The fourth-order valence-corrected chi connectivity index (χ4v) is 3.83. The van der Waals surface area contributed by atoms with Gasteiger partial charge in [-0.15, -0.1) is 11.3 Å².